The average molecular weight is 305 g/mol. The van der Waals surface area contributed by atoms with Crippen molar-refractivity contribution in [2.45, 2.75) is 52.5 Å². The van der Waals surface area contributed by atoms with Crippen molar-refractivity contribution >= 4 is 6.08 Å². The maximum atomic E-state index is 3.63. The number of hydrogen-bond donors (Lipinski definition) is 1. The Bertz CT molecular complexity index is 736. The summed E-state index contributed by atoms with van der Waals surface area (Å²) in [5.74, 6) is 0.592. The van der Waals surface area contributed by atoms with E-state index in [1.165, 1.54) is 39.8 Å². The molecule has 2 atom stereocenters. The lowest BCUT2D eigenvalue weighted by Gasteiger charge is -2.36. The first-order valence-corrected chi connectivity index (χ1v) is 8.61. The minimum atomic E-state index is -0.176. The van der Waals surface area contributed by atoms with Gasteiger partial charge in [-0.3, -0.25) is 0 Å². The molecule has 1 N–H and O–H groups in total. The molecule has 0 aromatic heterocycles. The lowest BCUT2D eigenvalue weighted by atomic mass is 9.78. The van der Waals surface area contributed by atoms with E-state index < -0.39 is 0 Å². The van der Waals surface area contributed by atoms with Crippen molar-refractivity contribution in [2.75, 3.05) is 0 Å². The number of nitrogens with one attached hydrogen (secondary N) is 1. The Morgan fingerprint density at radius 2 is 1.74 bits per heavy atom. The van der Waals surface area contributed by atoms with Gasteiger partial charge in [0.05, 0.1) is 5.54 Å². The van der Waals surface area contributed by atoms with Gasteiger partial charge in [0.2, 0.25) is 0 Å². The quantitative estimate of drug-likeness (QED) is 0.772. The second-order valence-corrected chi connectivity index (χ2v) is 7.14. The van der Waals surface area contributed by atoms with Crippen LogP contribution in [0.2, 0.25) is 0 Å². The van der Waals surface area contributed by atoms with E-state index in [4.69, 9.17) is 0 Å². The van der Waals surface area contributed by atoms with Crippen LogP contribution in [0.4, 0.5) is 0 Å². The summed E-state index contributed by atoms with van der Waals surface area (Å²) < 4.78 is 0. The summed E-state index contributed by atoms with van der Waals surface area (Å²) >= 11 is 0. The number of aryl methyl sites for hydroxylation is 2. The van der Waals surface area contributed by atoms with Crippen molar-refractivity contribution in [3.05, 3.63) is 76.0 Å². The van der Waals surface area contributed by atoms with Crippen LogP contribution in [0, 0.1) is 13.8 Å². The Labute approximate surface area is 140 Å². The van der Waals surface area contributed by atoms with Gasteiger partial charge in [0, 0.05) is 0 Å². The summed E-state index contributed by atoms with van der Waals surface area (Å²) in [6.45, 7) is 11.2. The monoisotopic (exact) mass is 305 g/mol. The Morgan fingerprint density at radius 1 is 1.04 bits per heavy atom. The first-order chi connectivity index (χ1) is 10.9. The molecule has 0 fully saturated rings. The molecule has 1 aliphatic rings. The van der Waals surface area contributed by atoms with Crippen LogP contribution in [0.5, 0.6) is 0 Å². The number of fused-ring (bicyclic) bond motifs is 1. The molecule has 0 bridgehead atoms. The predicted molar refractivity (Wildman–Crippen MR) is 99.7 cm³/mol. The topological polar surface area (TPSA) is 12.0 Å². The lowest BCUT2D eigenvalue weighted by Crippen LogP contribution is -2.40. The summed E-state index contributed by atoms with van der Waals surface area (Å²) in [6.07, 6.45) is 5.44. The second kappa shape index (κ2) is 5.88. The zero-order chi connectivity index (χ0) is 16.6. The van der Waals surface area contributed by atoms with Gasteiger partial charge in [-0.15, -0.1) is 0 Å². The molecule has 2 aromatic rings. The molecule has 1 aliphatic heterocycles. The van der Waals surface area contributed by atoms with E-state index >= 15 is 0 Å². The summed E-state index contributed by atoms with van der Waals surface area (Å²) in [6, 6.07) is 13.8. The van der Waals surface area contributed by atoms with Crippen molar-refractivity contribution in [3.8, 4) is 0 Å². The minimum Gasteiger partial charge on any atom is -0.378 e. The number of benzene rings is 2. The first-order valence-electron chi connectivity index (χ1n) is 8.61. The molecule has 0 saturated heterocycles. The van der Waals surface area contributed by atoms with Gasteiger partial charge < -0.3 is 5.32 Å². The molecule has 120 valence electrons. The molecule has 3 rings (SSSR count). The third-order valence-corrected chi connectivity index (χ3v) is 5.23. The maximum Gasteiger partial charge on any atom is 0.0852 e. The van der Waals surface area contributed by atoms with E-state index in [0.29, 0.717) is 5.92 Å². The molecular weight excluding hydrogens is 278 g/mol. The molecule has 0 amide bonds. The molecule has 0 spiro atoms. The minimum absolute atomic E-state index is 0.176. The third kappa shape index (κ3) is 2.81. The van der Waals surface area contributed by atoms with Crippen LogP contribution in [0.25, 0.3) is 6.08 Å². The summed E-state index contributed by atoms with van der Waals surface area (Å²) in [7, 11) is 0. The van der Waals surface area contributed by atoms with Crippen LogP contribution in [-0.2, 0) is 5.54 Å². The van der Waals surface area contributed by atoms with Crippen LogP contribution in [0.3, 0.4) is 0 Å². The zero-order valence-corrected chi connectivity index (χ0v) is 14.9. The van der Waals surface area contributed by atoms with Gasteiger partial charge in [0.15, 0.2) is 0 Å². The van der Waals surface area contributed by atoms with E-state index in [0.717, 1.165) is 0 Å². The molecule has 2 aromatic carbocycles. The fraction of sp³-hybridized carbons (Fsp3) is 0.364. The highest BCUT2D eigenvalue weighted by Crippen LogP contribution is 2.37. The fourth-order valence-corrected chi connectivity index (χ4v) is 3.57. The van der Waals surface area contributed by atoms with Crippen molar-refractivity contribution in [1.29, 1.82) is 0 Å². The SMILES string of the molecule is CCC(C)c1ccc2c(c1)C(C)(c1cc(C)cc(C)c1)NC=C2. The van der Waals surface area contributed by atoms with Crippen LogP contribution in [-0.4, -0.2) is 0 Å². The highest BCUT2D eigenvalue weighted by atomic mass is 15.0. The van der Waals surface area contributed by atoms with Crippen molar-refractivity contribution in [2.24, 2.45) is 0 Å². The largest absolute Gasteiger partial charge is 0.378 e. The van der Waals surface area contributed by atoms with Gasteiger partial charge in [-0.25, -0.2) is 0 Å². The lowest BCUT2D eigenvalue weighted by molar-refractivity contribution is 0.501. The van der Waals surface area contributed by atoms with E-state index in [1.54, 1.807) is 0 Å². The van der Waals surface area contributed by atoms with Crippen LogP contribution in [0.1, 0.15) is 66.5 Å². The number of rotatable bonds is 3. The average Bonchev–Trinajstić information content (AvgIpc) is 2.53. The predicted octanol–water partition coefficient (Wildman–Crippen LogP) is 5.65. The van der Waals surface area contributed by atoms with Gasteiger partial charge >= 0.3 is 0 Å². The molecule has 0 radical (unpaired) electrons. The number of hydrogen-bond acceptors (Lipinski definition) is 1. The van der Waals surface area contributed by atoms with Gasteiger partial charge in [-0.05, 0) is 67.6 Å². The van der Waals surface area contributed by atoms with Crippen molar-refractivity contribution in [3.63, 3.8) is 0 Å². The Kier molecular flexibility index (Phi) is 4.06. The summed E-state index contributed by atoms with van der Waals surface area (Å²) in [5, 5.41) is 3.63. The third-order valence-electron chi connectivity index (χ3n) is 5.23. The molecule has 2 unspecified atom stereocenters. The van der Waals surface area contributed by atoms with Crippen molar-refractivity contribution < 1.29 is 0 Å². The fourth-order valence-electron chi connectivity index (χ4n) is 3.57. The van der Waals surface area contributed by atoms with Crippen LogP contribution in [0.15, 0.2) is 42.6 Å². The molecule has 0 saturated carbocycles. The van der Waals surface area contributed by atoms with Gasteiger partial charge in [0.25, 0.3) is 0 Å². The van der Waals surface area contributed by atoms with Gasteiger partial charge in [-0.2, -0.15) is 0 Å². The molecule has 1 heterocycles. The Hall–Kier alpha value is -2.02. The van der Waals surface area contributed by atoms with Gasteiger partial charge in [0.1, 0.15) is 0 Å². The Balaban J connectivity index is 2.17. The van der Waals surface area contributed by atoms with E-state index in [1.807, 2.05) is 0 Å². The smallest absolute Gasteiger partial charge is 0.0852 e. The first kappa shape index (κ1) is 15.9. The maximum absolute atomic E-state index is 3.63. The van der Waals surface area contributed by atoms with E-state index in [-0.39, 0.29) is 5.54 Å². The van der Waals surface area contributed by atoms with Gasteiger partial charge in [-0.1, -0.05) is 61.4 Å². The molecule has 1 nitrogen and oxygen atoms in total. The molecular formula is C22H27N. The highest BCUT2D eigenvalue weighted by molar-refractivity contribution is 5.62. The molecule has 1 heteroatoms. The molecule has 0 aliphatic carbocycles. The summed E-state index contributed by atoms with van der Waals surface area (Å²) in [5.41, 5.74) is 7.92. The van der Waals surface area contributed by atoms with Crippen LogP contribution >= 0.6 is 0 Å². The zero-order valence-electron chi connectivity index (χ0n) is 14.9. The molecule has 23 heavy (non-hydrogen) atoms. The summed E-state index contributed by atoms with van der Waals surface area (Å²) in [4.78, 5) is 0. The standard InChI is InChI=1S/C22H27N/c1-6-17(4)19-8-7-18-9-10-23-22(5,21(18)14-19)20-12-15(2)11-16(3)13-20/h7-14,17,23H,6H2,1-5H3. The van der Waals surface area contributed by atoms with Crippen LogP contribution < -0.4 is 5.32 Å². The highest BCUT2D eigenvalue weighted by Gasteiger charge is 2.32. The van der Waals surface area contributed by atoms with Crippen molar-refractivity contribution in [1.82, 2.24) is 5.32 Å². The normalized spacial score (nSPS) is 20.7. The van der Waals surface area contributed by atoms with E-state index in [9.17, 15) is 0 Å². The van der Waals surface area contributed by atoms with E-state index in [2.05, 4.69) is 88.6 Å². The Morgan fingerprint density at radius 3 is 2.39 bits per heavy atom. The second-order valence-electron chi connectivity index (χ2n) is 7.14.